The minimum absolute atomic E-state index is 0.171. The third kappa shape index (κ3) is 4.00. The molecule has 6 heteroatoms. The lowest BCUT2D eigenvalue weighted by molar-refractivity contribution is 0.0727. The molecule has 31 heavy (non-hydrogen) atoms. The molecule has 156 valence electrons. The number of rotatable bonds is 5. The molecule has 0 unspecified atom stereocenters. The number of benzene rings is 3. The molecule has 1 aliphatic heterocycles. The highest BCUT2D eigenvalue weighted by molar-refractivity contribution is 6.14. The molecule has 6 nitrogen and oxygen atoms in total. The molecule has 0 atom stereocenters. The Kier molecular flexibility index (Phi) is 5.45. The van der Waals surface area contributed by atoms with Crippen molar-refractivity contribution in [1.82, 2.24) is 0 Å². The standard InChI is InChI=1S/C25H20O6/c1-15-6-4-7-16(12-15)13-22-24(26)18-11-10-17(14-21(18)31-22)30-25(27)23-19(28-2)8-5-9-20(23)29-3/h4-14H,1-3H3/b22-13-. The van der Waals surface area contributed by atoms with Crippen LogP contribution in [0, 0.1) is 6.92 Å². The highest BCUT2D eigenvalue weighted by Crippen LogP contribution is 2.36. The summed E-state index contributed by atoms with van der Waals surface area (Å²) in [6.45, 7) is 1.98. The Bertz CT molecular complexity index is 1190. The topological polar surface area (TPSA) is 71.1 Å². The van der Waals surface area contributed by atoms with Crippen LogP contribution < -0.4 is 18.9 Å². The van der Waals surface area contributed by atoms with E-state index in [9.17, 15) is 9.59 Å². The SMILES string of the molecule is COc1cccc(OC)c1C(=O)Oc1ccc2c(c1)O/C(=C\c1cccc(C)c1)C2=O. The number of aryl methyl sites for hydroxylation is 1. The number of Topliss-reactive ketones (excluding diaryl/α,β-unsaturated/α-hetero) is 1. The summed E-state index contributed by atoms with van der Waals surface area (Å²) in [5.74, 6) is 0.591. The van der Waals surface area contributed by atoms with Crippen molar-refractivity contribution in [1.29, 1.82) is 0 Å². The van der Waals surface area contributed by atoms with Crippen molar-refractivity contribution in [3.63, 3.8) is 0 Å². The van der Waals surface area contributed by atoms with Gasteiger partial charge in [0.05, 0.1) is 19.8 Å². The number of hydrogen-bond donors (Lipinski definition) is 0. The molecule has 0 aromatic heterocycles. The Morgan fingerprint density at radius 3 is 2.32 bits per heavy atom. The van der Waals surface area contributed by atoms with Gasteiger partial charge in [-0.05, 0) is 42.8 Å². The Morgan fingerprint density at radius 1 is 0.935 bits per heavy atom. The van der Waals surface area contributed by atoms with E-state index in [1.54, 1.807) is 36.4 Å². The lowest BCUT2D eigenvalue weighted by Gasteiger charge is -2.12. The van der Waals surface area contributed by atoms with Gasteiger partial charge in [0.2, 0.25) is 5.78 Å². The van der Waals surface area contributed by atoms with E-state index < -0.39 is 5.97 Å². The van der Waals surface area contributed by atoms with E-state index in [4.69, 9.17) is 18.9 Å². The number of ether oxygens (including phenoxy) is 4. The molecule has 4 rings (SSSR count). The van der Waals surface area contributed by atoms with Crippen LogP contribution in [0.15, 0.2) is 66.4 Å². The first-order valence-electron chi connectivity index (χ1n) is 9.58. The van der Waals surface area contributed by atoms with Crippen LogP contribution in [-0.4, -0.2) is 26.0 Å². The third-order valence-electron chi connectivity index (χ3n) is 4.82. The van der Waals surface area contributed by atoms with Crippen molar-refractivity contribution in [3.8, 4) is 23.0 Å². The molecule has 0 spiro atoms. The van der Waals surface area contributed by atoms with Gasteiger partial charge in [-0.15, -0.1) is 0 Å². The summed E-state index contributed by atoms with van der Waals surface area (Å²) in [7, 11) is 2.92. The Hall–Kier alpha value is -4.06. The summed E-state index contributed by atoms with van der Waals surface area (Å²) in [5, 5.41) is 0. The largest absolute Gasteiger partial charge is 0.496 e. The minimum atomic E-state index is -0.644. The van der Waals surface area contributed by atoms with Crippen molar-refractivity contribution in [2.24, 2.45) is 0 Å². The molecule has 0 saturated carbocycles. The van der Waals surface area contributed by atoms with Gasteiger partial charge < -0.3 is 18.9 Å². The van der Waals surface area contributed by atoms with Crippen molar-refractivity contribution in [2.75, 3.05) is 14.2 Å². The first kappa shape index (κ1) is 20.2. The summed E-state index contributed by atoms with van der Waals surface area (Å²) in [6.07, 6.45) is 1.70. The molecule has 0 bridgehead atoms. The predicted molar refractivity (Wildman–Crippen MR) is 115 cm³/mol. The van der Waals surface area contributed by atoms with Gasteiger partial charge in [0.25, 0.3) is 0 Å². The van der Waals surface area contributed by atoms with Gasteiger partial charge in [-0.3, -0.25) is 4.79 Å². The van der Waals surface area contributed by atoms with Gasteiger partial charge in [-0.25, -0.2) is 4.79 Å². The third-order valence-corrected chi connectivity index (χ3v) is 4.82. The van der Waals surface area contributed by atoms with E-state index >= 15 is 0 Å². The lowest BCUT2D eigenvalue weighted by Crippen LogP contribution is -2.12. The van der Waals surface area contributed by atoms with Crippen molar-refractivity contribution >= 4 is 17.8 Å². The summed E-state index contributed by atoms with van der Waals surface area (Å²) in [6, 6.07) is 17.4. The Balaban J connectivity index is 1.59. The van der Waals surface area contributed by atoms with Crippen molar-refractivity contribution in [2.45, 2.75) is 6.92 Å². The number of methoxy groups -OCH3 is 2. The summed E-state index contributed by atoms with van der Waals surface area (Å²) in [4.78, 5) is 25.4. The van der Waals surface area contributed by atoms with Crippen LogP contribution in [0.1, 0.15) is 31.8 Å². The normalized spacial score (nSPS) is 13.5. The molecule has 1 heterocycles. The van der Waals surface area contributed by atoms with Crippen LogP contribution in [0.4, 0.5) is 0 Å². The van der Waals surface area contributed by atoms with Gasteiger partial charge in [0, 0.05) is 6.07 Å². The van der Waals surface area contributed by atoms with E-state index in [0.29, 0.717) is 22.8 Å². The first-order valence-corrected chi connectivity index (χ1v) is 9.58. The van der Waals surface area contributed by atoms with E-state index in [1.165, 1.54) is 20.3 Å². The smallest absolute Gasteiger partial charge is 0.351 e. The molecule has 0 fully saturated rings. The highest BCUT2D eigenvalue weighted by Gasteiger charge is 2.28. The van der Waals surface area contributed by atoms with Crippen LogP contribution in [0.25, 0.3) is 6.08 Å². The quantitative estimate of drug-likeness (QED) is 0.336. The fraction of sp³-hybridized carbons (Fsp3) is 0.120. The summed E-state index contributed by atoms with van der Waals surface area (Å²) in [5.41, 5.74) is 2.53. The highest BCUT2D eigenvalue weighted by atomic mass is 16.5. The van der Waals surface area contributed by atoms with E-state index in [-0.39, 0.29) is 22.9 Å². The zero-order valence-electron chi connectivity index (χ0n) is 17.3. The number of ketones is 1. The maximum Gasteiger partial charge on any atom is 0.351 e. The van der Waals surface area contributed by atoms with Crippen LogP contribution >= 0.6 is 0 Å². The fourth-order valence-electron chi connectivity index (χ4n) is 3.35. The predicted octanol–water partition coefficient (Wildman–Crippen LogP) is 4.85. The van der Waals surface area contributed by atoms with Crippen LogP contribution in [-0.2, 0) is 0 Å². The molecular weight excluding hydrogens is 396 g/mol. The number of hydrogen-bond acceptors (Lipinski definition) is 6. The average molecular weight is 416 g/mol. The first-order chi connectivity index (χ1) is 15.0. The number of carbonyl (C=O) groups excluding carboxylic acids is 2. The van der Waals surface area contributed by atoms with E-state index in [1.807, 2.05) is 31.2 Å². The minimum Gasteiger partial charge on any atom is -0.496 e. The van der Waals surface area contributed by atoms with Crippen molar-refractivity contribution in [3.05, 3.63) is 88.7 Å². The molecule has 0 N–H and O–H groups in total. The fourth-order valence-corrected chi connectivity index (χ4v) is 3.35. The van der Waals surface area contributed by atoms with Gasteiger partial charge in [0.15, 0.2) is 5.76 Å². The Labute approximate surface area is 179 Å². The molecule has 0 radical (unpaired) electrons. The average Bonchev–Trinajstić information content (AvgIpc) is 3.07. The molecule has 0 saturated heterocycles. The summed E-state index contributed by atoms with van der Waals surface area (Å²) >= 11 is 0. The number of esters is 1. The lowest BCUT2D eigenvalue weighted by atomic mass is 10.1. The van der Waals surface area contributed by atoms with E-state index in [2.05, 4.69) is 0 Å². The maximum atomic E-state index is 12.8. The zero-order valence-corrected chi connectivity index (χ0v) is 17.3. The van der Waals surface area contributed by atoms with Crippen LogP contribution in [0.2, 0.25) is 0 Å². The monoisotopic (exact) mass is 416 g/mol. The van der Waals surface area contributed by atoms with Crippen LogP contribution in [0.3, 0.4) is 0 Å². The molecule has 1 aliphatic rings. The summed E-state index contributed by atoms with van der Waals surface area (Å²) < 4.78 is 21.8. The molecule has 0 aliphatic carbocycles. The molecular formula is C25H20O6. The second-order valence-corrected chi connectivity index (χ2v) is 6.94. The number of fused-ring (bicyclic) bond motifs is 1. The molecule has 3 aromatic rings. The van der Waals surface area contributed by atoms with Gasteiger partial charge in [-0.1, -0.05) is 35.9 Å². The second kappa shape index (κ2) is 8.36. The number of allylic oxidation sites excluding steroid dienone is 1. The van der Waals surface area contributed by atoms with E-state index in [0.717, 1.165) is 11.1 Å². The molecule has 3 aromatic carbocycles. The second-order valence-electron chi connectivity index (χ2n) is 6.94. The Morgan fingerprint density at radius 2 is 1.65 bits per heavy atom. The molecule has 0 amide bonds. The number of carbonyl (C=O) groups is 2. The maximum absolute atomic E-state index is 12.8. The zero-order chi connectivity index (χ0) is 22.0. The van der Waals surface area contributed by atoms with Gasteiger partial charge >= 0.3 is 5.97 Å². The van der Waals surface area contributed by atoms with Gasteiger partial charge in [-0.2, -0.15) is 0 Å². The van der Waals surface area contributed by atoms with Gasteiger partial charge in [0.1, 0.15) is 28.6 Å². The van der Waals surface area contributed by atoms with Crippen LogP contribution in [0.5, 0.6) is 23.0 Å². The van der Waals surface area contributed by atoms with Crippen molar-refractivity contribution < 1.29 is 28.5 Å².